The summed E-state index contributed by atoms with van der Waals surface area (Å²) in [4.78, 5) is -0.142. The summed E-state index contributed by atoms with van der Waals surface area (Å²) < 4.78 is 45.6. The molecule has 1 aliphatic rings. The summed E-state index contributed by atoms with van der Waals surface area (Å²) >= 11 is 2.95. The molecule has 1 aromatic rings. The zero-order valence-corrected chi connectivity index (χ0v) is 13.4. The Labute approximate surface area is 125 Å². The maximum Gasteiger partial charge on any atom is 0.242 e. The number of anilines is 1. The van der Waals surface area contributed by atoms with E-state index in [1.807, 2.05) is 0 Å². The summed E-state index contributed by atoms with van der Waals surface area (Å²) in [5.41, 5.74) is 5.03. The number of rotatable bonds is 5. The molecule has 1 fully saturated rings. The van der Waals surface area contributed by atoms with Gasteiger partial charge in [-0.05, 0) is 47.3 Å². The van der Waals surface area contributed by atoms with Crippen LogP contribution in [0, 0.1) is 5.82 Å². The highest BCUT2D eigenvalue weighted by Gasteiger charge is 2.38. The predicted molar refractivity (Wildman–Crippen MR) is 77.3 cm³/mol. The highest BCUT2D eigenvalue weighted by molar-refractivity contribution is 9.10. The molecule has 0 unspecified atom stereocenters. The average molecular weight is 367 g/mol. The molecule has 0 saturated heterocycles. The molecule has 0 heterocycles. The van der Waals surface area contributed by atoms with Crippen molar-refractivity contribution in [1.82, 2.24) is 4.72 Å². The van der Waals surface area contributed by atoms with Crippen molar-refractivity contribution in [2.45, 2.75) is 29.8 Å². The van der Waals surface area contributed by atoms with Crippen molar-refractivity contribution in [2.24, 2.45) is 0 Å². The van der Waals surface area contributed by atoms with E-state index >= 15 is 0 Å². The fourth-order valence-electron chi connectivity index (χ4n) is 2.11. The maximum atomic E-state index is 13.3. The molecule has 112 valence electrons. The second kappa shape index (κ2) is 5.59. The number of methoxy groups -OCH3 is 1. The van der Waals surface area contributed by atoms with Gasteiger partial charge in [0.25, 0.3) is 0 Å². The lowest BCUT2D eigenvalue weighted by Crippen LogP contribution is -2.49. The van der Waals surface area contributed by atoms with E-state index in [2.05, 4.69) is 20.7 Å². The topological polar surface area (TPSA) is 81.4 Å². The monoisotopic (exact) mass is 366 g/mol. The normalized spacial score (nSPS) is 17.8. The smallest absolute Gasteiger partial charge is 0.242 e. The molecule has 1 aliphatic carbocycles. The van der Waals surface area contributed by atoms with Gasteiger partial charge in [0.05, 0.1) is 15.8 Å². The molecule has 0 bridgehead atoms. The Hall–Kier alpha value is -0.700. The molecule has 2 rings (SSSR count). The van der Waals surface area contributed by atoms with Crippen molar-refractivity contribution in [3.63, 3.8) is 0 Å². The molecule has 0 aliphatic heterocycles. The first-order valence-corrected chi connectivity index (χ1v) is 8.37. The number of hydrogen-bond acceptors (Lipinski definition) is 4. The summed E-state index contributed by atoms with van der Waals surface area (Å²) in [6.07, 6.45) is 2.64. The number of hydrogen-bond donors (Lipinski definition) is 2. The minimum Gasteiger partial charge on any atom is -0.398 e. The molecule has 3 N–H and O–H groups in total. The van der Waals surface area contributed by atoms with Crippen molar-refractivity contribution < 1.29 is 17.5 Å². The van der Waals surface area contributed by atoms with E-state index in [1.54, 1.807) is 7.11 Å². The lowest BCUT2D eigenvalue weighted by Gasteiger charge is -2.40. The third kappa shape index (κ3) is 2.98. The van der Waals surface area contributed by atoms with Crippen LogP contribution in [0.25, 0.3) is 0 Å². The maximum absolute atomic E-state index is 13.3. The summed E-state index contributed by atoms with van der Waals surface area (Å²) in [5, 5.41) is 0. The molecular formula is C12H16BrFN2O3S. The number of nitrogen functional groups attached to an aromatic ring is 1. The Kier molecular flexibility index (Phi) is 4.38. The van der Waals surface area contributed by atoms with E-state index in [0.717, 1.165) is 31.4 Å². The Morgan fingerprint density at radius 1 is 1.50 bits per heavy atom. The summed E-state index contributed by atoms with van der Waals surface area (Å²) in [6.45, 7) is 0.181. The molecule has 0 aromatic heterocycles. The molecule has 8 heteroatoms. The molecule has 1 aromatic carbocycles. The number of nitrogens with two attached hydrogens (primary N) is 1. The Morgan fingerprint density at radius 2 is 2.15 bits per heavy atom. The Bertz CT molecular complexity index is 612. The molecule has 0 atom stereocenters. The number of benzene rings is 1. The van der Waals surface area contributed by atoms with Gasteiger partial charge in [0, 0.05) is 13.7 Å². The fourth-order valence-corrected chi connectivity index (χ4v) is 3.85. The van der Waals surface area contributed by atoms with E-state index in [0.29, 0.717) is 0 Å². The van der Waals surface area contributed by atoms with Crippen LogP contribution in [0.15, 0.2) is 21.5 Å². The zero-order chi connectivity index (χ0) is 15.0. The Balaban J connectivity index is 2.20. The highest BCUT2D eigenvalue weighted by atomic mass is 79.9. The zero-order valence-electron chi connectivity index (χ0n) is 10.9. The SMILES string of the molecule is COC1(CNS(=O)(=O)c2cc(Br)c(F)cc2N)CCC1. The summed E-state index contributed by atoms with van der Waals surface area (Å²) in [5.74, 6) is -0.603. The van der Waals surface area contributed by atoms with Gasteiger partial charge in [0.15, 0.2) is 0 Å². The first kappa shape index (κ1) is 15.7. The second-order valence-corrected chi connectivity index (χ2v) is 7.46. The van der Waals surface area contributed by atoms with Crippen LogP contribution in [-0.4, -0.2) is 27.7 Å². The average Bonchev–Trinajstić information content (AvgIpc) is 2.32. The highest BCUT2D eigenvalue weighted by Crippen LogP contribution is 2.35. The van der Waals surface area contributed by atoms with Crippen LogP contribution in [0.3, 0.4) is 0 Å². The number of sulfonamides is 1. The second-order valence-electron chi connectivity index (χ2n) is 4.87. The van der Waals surface area contributed by atoms with Gasteiger partial charge in [-0.25, -0.2) is 17.5 Å². The van der Waals surface area contributed by atoms with E-state index in [1.165, 1.54) is 0 Å². The number of halogens is 2. The first-order chi connectivity index (χ1) is 9.30. The Morgan fingerprint density at radius 3 is 2.65 bits per heavy atom. The lowest BCUT2D eigenvalue weighted by molar-refractivity contribution is -0.0659. The van der Waals surface area contributed by atoms with E-state index in [9.17, 15) is 12.8 Å². The molecule has 0 amide bonds. The fraction of sp³-hybridized carbons (Fsp3) is 0.500. The van der Waals surface area contributed by atoms with E-state index in [-0.39, 0.29) is 21.6 Å². The quantitative estimate of drug-likeness (QED) is 0.781. The van der Waals surface area contributed by atoms with Crippen molar-refractivity contribution in [2.75, 3.05) is 19.4 Å². The third-order valence-corrected chi connectivity index (χ3v) is 5.69. The van der Waals surface area contributed by atoms with Gasteiger partial charge in [0.2, 0.25) is 10.0 Å². The largest absolute Gasteiger partial charge is 0.398 e. The van der Waals surface area contributed by atoms with Crippen molar-refractivity contribution >= 4 is 31.6 Å². The predicted octanol–water partition coefficient (Wildman–Crippen LogP) is 2.02. The summed E-state index contributed by atoms with van der Waals surface area (Å²) in [6, 6.07) is 2.14. The molecular weight excluding hydrogens is 351 g/mol. The standard InChI is InChI=1S/C12H16BrFN2O3S/c1-19-12(3-2-4-12)7-16-20(17,18)11-5-8(13)9(14)6-10(11)15/h5-6,16H,2-4,7,15H2,1H3. The summed E-state index contributed by atoms with van der Waals surface area (Å²) in [7, 11) is -2.24. The minimum absolute atomic E-state index is 0.0529. The minimum atomic E-state index is -3.80. The van der Waals surface area contributed by atoms with Crippen molar-refractivity contribution in [1.29, 1.82) is 0 Å². The molecule has 5 nitrogen and oxygen atoms in total. The van der Waals surface area contributed by atoms with Crippen LogP contribution < -0.4 is 10.5 Å². The van der Waals surface area contributed by atoms with Crippen LogP contribution in [0.4, 0.5) is 10.1 Å². The van der Waals surface area contributed by atoms with Crippen molar-refractivity contribution in [3.8, 4) is 0 Å². The molecule has 1 saturated carbocycles. The van der Waals surface area contributed by atoms with E-state index in [4.69, 9.17) is 10.5 Å². The molecule has 0 spiro atoms. The lowest BCUT2D eigenvalue weighted by atomic mass is 9.80. The van der Waals surface area contributed by atoms with Crippen LogP contribution >= 0.6 is 15.9 Å². The number of nitrogens with one attached hydrogen (secondary N) is 1. The van der Waals surface area contributed by atoms with Crippen LogP contribution in [0.2, 0.25) is 0 Å². The molecule has 0 radical (unpaired) electrons. The van der Waals surface area contributed by atoms with Gasteiger partial charge >= 0.3 is 0 Å². The van der Waals surface area contributed by atoms with Gasteiger partial charge in [-0.15, -0.1) is 0 Å². The molecule has 20 heavy (non-hydrogen) atoms. The van der Waals surface area contributed by atoms with Gasteiger partial charge < -0.3 is 10.5 Å². The van der Waals surface area contributed by atoms with Crippen LogP contribution in [-0.2, 0) is 14.8 Å². The van der Waals surface area contributed by atoms with Gasteiger partial charge in [0.1, 0.15) is 10.7 Å². The van der Waals surface area contributed by atoms with Gasteiger partial charge in [-0.2, -0.15) is 0 Å². The van der Waals surface area contributed by atoms with E-state index < -0.39 is 21.4 Å². The van der Waals surface area contributed by atoms with Gasteiger partial charge in [-0.1, -0.05) is 0 Å². The van der Waals surface area contributed by atoms with Crippen LogP contribution in [0.5, 0.6) is 0 Å². The van der Waals surface area contributed by atoms with Crippen LogP contribution in [0.1, 0.15) is 19.3 Å². The van der Waals surface area contributed by atoms with Gasteiger partial charge in [-0.3, -0.25) is 0 Å². The third-order valence-electron chi connectivity index (χ3n) is 3.62. The number of ether oxygens (including phenoxy) is 1. The first-order valence-electron chi connectivity index (χ1n) is 6.09. The van der Waals surface area contributed by atoms with Crippen molar-refractivity contribution in [3.05, 3.63) is 22.4 Å².